The number of fused-ring (bicyclic) bond motifs is 1. The number of carbonyl (C=O) groups is 1. The number of nitrogens with zero attached hydrogens (tertiary/aromatic N) is 4. The molecule has 2 rings (SSSR count). The predicted molar refractivity (Wildman–Crippen MR) is 70.4 cm³/mol. The minimum absolute atomic E-state index is 0.0522. The van der Waals surface area contributed by atoms with E-state index < -0.39 is 17.2 Å². The summed E-state index contributed by atoms with van der Waals surface area (Å²) in [7, 11) is 2.87. The van der Waals surface area contributed by atoms with Crippen LogP contribution < -0.4 is 11.2 Å². The van der Waals surface area contributed by atoms with E-state index in [1.807, 2.05) is 0 Å². The molecule has 2 heterocycles. The third-order valence-electron chi connectivity index (χ3n) is 2.83. The molecule has 2 aromatic heterocycles. The van der Waals surface area contributed by atoms with Gasteiger partial charge in [-0.05, 0) is 6.92 Å². The molecule has 0 amide bonds. The standard InChI is InChI=1S/C12H14N4O4/c1-4-20-8(17)5-7-6-13-10-9(14-7)11(18)16(3)12(19)15(10)2/h6H,4-5H2,1-3H3. The zero-order valence-electron chi connectivity index (χ0n) is 11.4. The number of ether oxygens (including phenoxy) is 1. The van der Waals surface area contributed by atoms with Gasteiger partial charge in [-0.3, -0.25) is 18.7 Å². The van der Waals surface area contributed by atoms with Crippen LogP contribution in [0.2, 0.25) is 0 Å². The zero-order valence-corrected chi connectivity index (χ0v) is 11.4. The molecule has 0 saturated carbocycles. The normalized spacial score (nSPS) is 10.8. The molecular formula is C12H14N4O4. The summed E-state index contributed by atoms with van der Waals surface area (Å²) in [5, 5.41) is 0. The highest BCUT2D eigenvalue weighted by Gasteiger charge is 2.13. The van der Waals surface area contributed by atoms with Gasteiger partial charge in [-0.2, -0.15) is 0 Å². The molecule has 0 aromatic carbocycles. The van der Waals surface area contributed by atoms with Crippen LogP contribution in [0.4, 0.5) is 0 Å². The Labute approximate surface area is 113 Å². The molecular weight excluding hydrogens is 264 g/mol. The van der Waals surface area contributed by atoms with Gasteiger partial charge in [-0.1, -0.05) is 0 Å². The highest BCUT2D eigenvalue weighted by molar-refractivity contribution is 5.73. The first-order valence-electron chi connectivity index (χ1n) is 6.03. The number of hydrogen-bond acceptors (Lipinski definition) is 6. The lowest BCUT2D eigenvalue weighted by Crippen LogP contribution is -2.37. The minimum atomic E-state index is -0.540. The van der Waals surface area contributed by atoms with Crippen molar-refractivity contribution in [2.75, 3.05) is 6.61 Å². The zero-order chi connectivity index (χ0) is 14.9. The van der Waals surface area contributed by atoms with Crippen molar-refractivity contribution in [3.8, 4) is 0 Å². The summed E-state index contributed by atoms with van der Waals surface area (Å²) >= 11 is 0. The fraction of sp³-hybridized carbons (Fsp3) is 0.417. The third-order valence-corrected chi connectivity index (χ3v) is 2.83. The number of carbonyl (C=O) groups excluding carboxylic acids is 1. The van der Waals surface area contributed by atoms with Crippen molar-refractivity contribution in [2.45, 2.75) is 13.3 Å². The Morgan fingerprint density at radius 2 is 2.00 bits per heavy atom. The number of esters is 1. The van der Waals surface area contributed by atoms with Gasteiger partial charge in [0.15, 0.2) is 11.2 Å². The average Bonchev–Trinajstić information content (AvgIpc) is 2.43. The second kappa shape index (κ2) is 5.24. The Kier molecular flexibility index (Phi) is 3.64. The molecule has 2 aromatic rings. The van der Waals surface area contributed by atoms with Crippen molar-refractivity contribution in [1.82, 2.24) is 19.1 Å². The van der Waals surface area contributed by atoms with Crippen molar-refractivity contribution >= 4 is 17.1 Å². The maximum absolute atomic E-state index is 12.0. The van der Waals surface area contributed by atoms with Crippen molar-refractivity contribution in [1.29, 1.82) is 0 Å². The van der Waals surface area contributed by atoms with E-state index in [0.29, 0.717) is 5.69 Å². The summed E-state index contributed by atoms with van der Waals surface area (Å²) < 4.78 is 6.99. The van der Waals surface area contributed by atoms with Crippen LogP contribution in [0.3, 0.4) is 0 Å². The Hall–Kier alpha value is -2.51. The van der Waals surface area contributed by atoms with Gasteiger partial charge in [0, 0.05) is 14.1 Å². The minimum Gasteiger partial charge on any atom is -0.466 e. The Morgan fingerprint density at radius 3 is 2.65 bits per heavy atom. The van der Waals surface area contributed by atoms with Crippen molar-refractivity contribution in [3.05, 3.63) is 32.7 Å². The van der Waals surface area contributed by atoms with E-state index in [1.165, 1.54) is 24.9 Å². The Bertz CT molecular complexity index is 790. The third kappa shape index (κ3) is 2.31. The van der Waals surface area contributed by atoms with Crippen molar-refractivity contribution in [3.63, 3.8) is 0 Å². The van der Waals surface area contributed by atoms with Crippen LogP contribution in [0.5, 0.6) is 0 Å². The number of rotatable bonds is 3. The lowest BCUT2D eigenvalue weighted by molar-refractivity contribution is -0.142. The van der Waals surface area contributed by atoms with E-state index in [2.05, 4.69) is 9.97 Å². The summed E-state index contributed by atoms with van der Waals surface area (Å²) in [6, 6.07) is 0. The SMILES string of the molecule is CCOC(=O)Cc1cnc2c(n1)c(=O)n(C)c(=O)n2C. The molecule has 0 unspecified atom stereocenters. The second-order valence-corrected chi connectivity index (χ2v) is 4.22. The molecule has 0 bridgehead atoms. The summed E-state index contributed by atoms with van der Waals surface area (Å²) in [6.07, 6.45) is 1.29. The van der Waals surface area contributed by atoms with E-state index in [4.69, 9.17) is 4.74 Å². The fourth-order valence-corrected chi connectivity index (χ4v) is 1.81. The summed E-state index contributed by atoms with van der Waals surface area (Å²) in [5.74, 6) is -0.442. The first kappa shape index (κ1) is 13.9. The first-order valence-corrected chi connectivity index (χ1v) is 6.03. The van der Waals surface area contributed by atoms with Gasteiger partial charge in [0.05, 0.1) is 24.9 Å². The summed E-state index contributed by atoms with van der Waals surface area (Å²) in [5.41, 5.74) is -0.454. The lowest BCUT2D eigenvalue weighted by atomic mass is 10.3. The van der Waals surface area contributed by atoms with E-state index >= 15 is 0 Å². The first-order chi connectivity index (χ1) is 9.45. The quantitative estimate of drug-likeness (QED) is 0.677. The molecule has 0 atom stereocenters. The smallest absolute Gasteiger partial charge is 0.332 e. The Morgan fingerprint density at radius 1 is 1.30 bits per heavy atom. The van der Waals surface area contributed by atoms with Crippen LogP contribution in [0.25, 0.3) is 11.2 Å². The van der Waals surface area contributed by atoms with Crippen LogP contribution in [-0.4, -0.2) is 31.7 Å². The average molecular weight is 278 g/mol. The maximum atomic E-state index is 12.0. The second-order valence-electron chi connectivity index (χ2n) is 4.22. The van der Waals surface area contributed by atoms with E-state index in [9.17, 15) is 14.4 Å². The monoisotopic (exact) mass is 278 g/mol. The molecule has 0 spiro atoms. The van der Waals surface area contributed by atoms with Gasteiger partial charge in [0.2, 0.25) is 0 Å². The topological polar surface area (TPSA) is 96.1 Å². The molecule has 8 nitrogen and oxygen atoms in total. The van der Waals surface area contributed by atoms with Gasteiger partial charge in [-0.15, -0.1) is 0 Å². The molecule has 0 aliphatic carbocycles. The largest absolute Gasteiger partial charge is 0.466 e. The van der Waals surface area contributed by atoms with Gasteiger partial charge in [-0.25, -0.2) is 14.8 Å². The van der Waals surface area contributed by atoms with Crippen molar-refractivity contribution in [2.24, 2.45) is 14.1 Å². The van der Waals surface area contributed by atoms with Crippen molar-refractivity contribution < 1.29 is 9.53 Å². The van der Waals surface area contributed by atoms with E-state index in [1.54, 1.807) is 6.92 Å². The van der Waals surface area contributed by atoms with Gasteiger partial charge < -0.3 is 4.74 Å². The molecule has 0 radical (unpaired) electrons. The van der Waals surface area contributed by atoms with Gasteiger partial charge in [0.1, 0.15) is 0 Å². The highest BCUT2D eigenvalue weighted by atomic mass is 16.5. The molecule has 0 aliphatic rings. The number of aromatic nitrogens is 4. The molecule has 20 heavy (non-hydrogen) atoms. The maximum Gasteiger partial charge on any atom is 0.332 e. The molecule has 0 aliphatic heterocycles. The highest BCUT2D eigenvalue weighted by Crippen LogP contribution is 2.03. The molecule has 0 saturated heterocycles. The molecule has 0 N–H and O–H groups in total. The molecule has 106 valence electrons. The number of aryl methyl sites for hydroxylation is 1. The van der Waals surface area contributed by atoms with Gasteiger partial charge in [0.25, 0.3) is 5.56 Å². The van der Waals surface area contributed by atoms with E-state index in [-0.39, 0.29) is 24.2 Å². The summed E-state index contributed by atoms with van der Waals surface area (Å²) in [4.78, 5) is 43.3. The van der Waals surface area contributed by atoms with Crippen LogP contribution in [0.1, 0.15) is 12.6 Å². The van der Waals surface area contributed by atoms with Gasteiger partial charge >= 0.3 is 11.7 Å². The molecule has 8 heteroatoms. The summed E-state index contributed by atoms with van der Waals surface area (Å²) in [6.45, 7) is 1.98. The van der Waals surface area contributed by atoms with E-state index in [0.717, 1.165) is 4.57 Å². The van der Waals surface area contributed by atoms with Crippen LogP contribution in [-0.2, 0) is 30.0 Å². The lowest BCUT2D eigenvalue weighted by Gasteiger charge is -2.07. The van der Waals surface area contributed by atoms with Crippen LogP contribution in [0, 0.1) is 0 Å². The number of hydrogen-bond donors (Lipinski definition) is 0. The van der Waals surface area contributed by atoms with Crippen LogP contribution in [0.15, 0.2) is 15.8 Å². The predicted octanol–water partition coefficient (Wildman–Crippen LogP) is -0.867. The fourth-order valence-electron chi connectivity index (χ4n) is 1.81. The Balaban J connectivity index is 2.58. The van der Waals surface area contributed by atoms with Crippen LogP contribution >= 0.6 is 0 Å². The molecule has 0 fully saturated rings.